The van der Waals surface area contributed by atoms with Crippen molar-refractivity contribution in [3.8, 4) is 0 Å². The standard InChI is InChI=1S/C16H17N3S/c1-11(2)10-19-14-7-3-6-13(17)16(14)18-15(19)9-12-5-4-8-20-12/h3-8H,1,9-10,17H2,2H3. The molecule has 2 aromatic heterocycles. The summed E-state index contributed by atoms with van der Waals surface area (Å²) < 4.78 is 2.22. The van der Waals surface area contributed by atoms with Crippen molar-refractivity contribution in [3.05, 3.63) is 58.6 Å². The molecule has 0 radical (unpaired) electrons. The highest BCUT2D eigenvalue weighted by molar-refractivity contribution is 7.09. The van der Waals surface area contributed by atoms with Crippen molar-refractivity contribution in [1.29, 1.82) is 0 Å². The molecule has 2 heterocycles. The van der Waals surface area contributed by atoms with Crippen molar-refractivity contribution in [2.24, 2.45) is 0 Å². The molecule has 0 unspecified atom stereocenters. The number of nitrogens with zero attached hydrogens (tertiary/aromatic N) is 2. The number of benzene rings is 1. The number of rotatable bonds is 4. The zero-order valence-electron chi connectivity index (χ0n) is 11.5. The van der Waals surface area contributed by atoms with Gasteiger partial charge >= 0.3 is 0 Å². The van der Waals surface area contributed by atoms with Gasteiger partial charge in [-0.3, -0.25) is 0 Å². The van der Waals surface area contributed by atoms with Crippen molar-refractivity contribution in [1.82, 2.24) is 9.55 Å². The van der Waals surface area contributed by atoms with Crippen molar-refractivity contribution in [2.45, 2.75) is 19.9 Å². The number of fused-ring (bicyclic) bond motifs is 1. The van der Waals surface area contributed by atoms with Gasteiger partial charge in [-0.25, -0.2) is 4.98 Å². The molecular formula is C16H17N3S. The van der Waals surface area contributed by atoms with Crippen LogP contribution in [0.15, 0.2) is 47.9 Å². The Bertz CT molecular complexity index is 753. The maximum absolute atomic E-state index is 6.05. The lowest BCUT2D eigenvalue weighted by Crippen LogP contribution is -2.04. The van der Waals surface area contributed by atoms with Gasteiger partial charge in [-0.1, -0.05) is 24.3 Å². The smallest absolute Gasteiger partial charge is 0.115 e. The minimum Gasteiger partial charge on any atom is -0.397 e. The van der Waals surface area contributed by atoms with Gasteiger partial charge in [-0.05, 0) is 30.5 Å². The van der Waals surface area contributed by atoms with Gasteiger partial charge < -0.3 is 10.3 Å². The van der Waals surface area contributed by atoms with Crippen LogP contribution in [0, 0.1) is 0 Å². The molecule has 0 aliphatic carbocycles. The van der Waals surface area contributed by atoms with E-state index >= 15 is 0 Å². The number of allylic oxidation sites excluding steroid dienone is 1. The maximum atomic E-state index is 6.05. The summed E-state index contributed by atoms with van der Waals surface area (Å²) in [6.45, 7) is 6.83. The Morgan fingerprint density at radius 3 is 2.90 bits per heavy atom. The molecule has 3 rings (SSSR count). The van der Waals surface area contributed by atoms with Crippen LogP contribution < -0.4 is 5.73 Å². The zero-order valence-corrected chi connectivity index (χ0v) is 12.3. The third-order valence-electron chi connectivity index (χ3n) is 3.23. The molecule has 0 amide bonds. The fraction of sp³-hybridized carbons (Fsp3) is 0.188. The lowest BCUT2D eigenvalue weighted by atomic mass is 10.2. The van der Waals surface area contributed by atoms with E-state index in [1.165, 1.54) is 4.88 Å². The first-order valence-electron chi connectivity index (χ1n) is 6.55. The summed E-state index contributed by atoms with van der Waals surface area (Å²) in [7, 11) is 0. The SMILES string of the molecule is C=C(C)Cn1c(Cc2cccs2)nc2c(N)cccc21. The fourth-order valence-corrected chi connectivity index (χ4v) is 3.07. The van der Waals surface area contributed by atoms with Gasteiger partial charge in [0.25, 0.3) is 0 Å². The highest BCUT2D eigenvalue weighted by Crippen LogP contribution is 2.25. The summed E-state index contributed by atoms with van der Waals surface area (Å²) in [5.41, 5.74) is 9.86. The van der Waals surface area contributed by atoms with Crippen molar-refractivity contribution in [2.75, 3.05) is 5.73 Å². The van der Waals surface area contributed by atoms with Crippen LogP contribution >= 0.6 is 11.3 Å². The number of para-hydroxylation sites is 1. The van der Waals surface area contributed by atoms with Gasteiger partial charge in [0.2, 0.25) is 0 Å². The first-order valence-corrected chi connectivity index (χ1v) is 7.43. The molecule has 0 bridgehead atoms. The summed E-state index contributed by atoms with van der Waals surface area (Å²) in [6.07, 6.45) is 0.832. The van der Waals surface area contributed by atoms with E-state index in [2.05, 4.69) is 34.7 Å². The van der Waals surface area contributed by atoms with Crippen molar-refractivity contribution < 1.29 is 0 Å². The van der Waals surface area contributed by atoms with Crippen LogP contribution in [0.2, 0.25) is 0 Å². The van der Waals surface area contributed by atoms with Crippen LogP contribution in [-0.2, 0) is 13.0 Å². The number of hydrogen-bond acceptors (Lipinski definition) is 3. The van der Waals surface area contributed by atoms with E-state index in [1.54, 1.807) is 11.3 Å². The summed E-state index contributed by atoms with van der Waals surface area (Å²) >= 11 is 1.75. The predicted molar refractivity (Wildman–Crippen MR) is 86.1 cm³/mol. The molecule has 102 valence electrons. The molecule has 2 N–H and O–H groups in total. The quantitative estimate of drug-likeness (QED) is 0.584. The number of nitrogen functional groups attached to an aromatic ring is 1. The monoisotopic (exact) mass is 283 g/mol. The van der Waals surface area contributed by atoms with Crippen LogP contribution in [0.4, 0.5) is 5.69 Å². The molecule has 3 aromatic rings. The predicted octanol–water partition coefficient (Wildman–Crippen LogP) is 3.85. The Morgan fingerprint density at radius 1 is 1.35 bits per heavy atom. The highest BCUT2D eigenvalue weighted by atomic mass is 32.1. The van der Waals surface area contributed by atoms with E-state index in [0.717, 1.165) is 41.1 Å². The van der Waals surface area contributed by atoms with E-state index < -0.39 is 0 Å². The normalized spacial score (nSPS) is 11.1. The summed E-state index contributed by atoms with van der Waals surface area (Å²) in [5, 5.41) is 2.09. The van der Waals surface area contributed by atoms with E-state index in [-0.39, 0.29) is 0 Å². The topological polar surface area (TPSA) is 43.8 Å². The third kappa shape index (κ3) is 2.34. The van der Waals surface area contributed by atoms with E-state index in [1.807, 2.05) is 19.1 Å². The van der Waals surface area contributed by atoms with Crippen molar-refractivity contribution >= 4 is 28.1 Å². The average Bonchev–Trinajstić information content (AvgIpc) is 3.00. The molecule has 0 saturated heterocycles. The summed E-state index contributed by atoms with van der Waals surface area (Å²) in [6, 6.07) is 10.1. The highest BCUT2D eigenvalue weighted by Gasteiger charge is 2.13. The van der Waals surface area contributed by atoms with Gasteiger partial charge in [-0.2, -0.15) is 0 Å². The molecule has 0 atom stereocenters. The van der Waals surface area contributed by atoms with Crippen LogP contribution in [0.3, 0.4) is 0 Å². The molecule has 0 fully saturated rings. The Kier molecular flexibility index (Phi) is 3.32. The number of thiophene rings is 1. The fourth-order valence-electron chi connectivity index (χ4n) is 2.37. The molecule has 1 aromatic carbocycles. The van der Waals surface area contributed by atoms with E-state index in [0.29, 0.717) is 0 Å². The van der Waals surface area contributed by atoms with Crippen LogP contribution in [0.1, 0.15) is 17.6 Å². The molecule has 4 heteroatoms. The lowest BCUT2D eigenvalue weighted by molar-refractivity contribution is 0.755. The summed E-state index contributed by atoms with van der Waals surface area (Å²) in [5.74, 6) is 1.04. The third-order valence-corrected chi connectivity index (χ3v) is 4.11. The largest absolute Gasteiger partial charge is 0.397 e. The molecule has 20 heavy (non-hydrogen) atoms. The number of anilines is 1. The first-order chi connectivity index (χ1) is 9.65. The van der Waals surface area contributed by atoms with Gasteiger partial charge in [0.1, 0.15) is 11.3 Å². The van der Waals surface area contributed by atoms with Crippen LogP contribution in [-0.4, -0.2) is 9.55 Å². The minimum atomic E-state index is 0.732. The average molecular weight is 283 g/mol. The molecule has 0 aliphatic rings. The number of hydrogen-bond donors (Lipinski definition) is 1. The second-order valence-electron chi connectivity index (χ2n) is 5.04. The van der Waals surface area contributed by atoms with E-state index in [4.69, 9.17) is 10.7 Å². The molecule has 0 spiro atoms. The van der Waals surface area contributed by atoms with Gasteiger partial charge in [0.15, 0.2) is 0 Å². The Hall–Kier alpha value is -2.07. The molecule has 3 nitrogen and oxygen atoms in total. The van der Waals surface area contributed by atoms with Crippen LogP contribution in [0.25, 0.3) is 11.0 Å². The van der Waals surface area contributed by atoms with Crippen molar-refractivity contribution in [3.63, 3.8) is 0 Å². The molecular weight excluding hydrogens is 266 g/mol. The minimum absolute atomic E-state index is 0.732. The second kappa shape index (κ2) is 5.13. The molecule has 0 aliphatic heterocycles. The Morgan fingerprint density at radius 2 is 2.20 bits per heavy atom. The molecule has 0 saturated carbocycles. The lowest BCUT2D eigenvalue weighted by Gasteiger charge is -2.08. The summed E-state index contributed by atoms with van der Waals surface area (Å²) in [4.78, 5) is 6.05. The maximum Gasteiger partial charge on any atom is 0.115 e. The number of imidazole rings is 1. The van der Waals surface area contributed by atoms with E-state index in [9.17, 15) is 0 Å². The Balaban J connectivity index is 2.13. The van der Waals surface area contributed by atoms with Gasteiger partial charge in [-0.15, -0.1) is 11.3 Å². The van der Waals surface area contributed by atoms with Gasteiger partial charge in [0.05, 0.1) is 11.2 Å². The zero-order chi connectivity index (χ0) is 14.1. The number of nitrogens with two attached hydrogens (primary N) is 1. The van der Waals surface area contributed by atoms with Gasteiger partial charge in [0, 0.05) is 17.8 Å². The number of aromatic nitrogens is 2. The first kappa shape index (κ1) is 12.9. The Labute approximate surface area is 122 Å². The van der Waals surface area contributed by atoms with Crippen LogP contribution in [0.5, 0.6) is 0 Å². The second-order valence-corrected chi connectivity index (χ2v) is 6.07.